The van der Waals surface area contributed by atoms with Crippen LogP contribution in [0, 0.1) is 12.7 Å². The molecule has 0 fully saturated rings. The summed E-state index contributed by atoms with van der Waals surface area (Å²) in [4.78, 5) is 25.0. The van der Waals surface area contributed by atoms with Crippen molar-refractivity contribution in [3.8, 4) is 11.3 Å². The first-order chi connectivity index (χ1) is 14.4. The highest BCUT2D eigenvalue weighted by Crippen LogP contribution is 2.32. The molecule has 0 spiro atoms. The molecule has 1 aliphatic rings. The van der Waals surface area contributed by atoms with Crippen molar-refractivity contribution in [1.29, 1.82) is 0 Å². The van der Waals surface area contributed by atoms with Crippen LogP contribution in [0.15, 0.2) is 66.5 Å². The monoisotopic (exact) mass is 404 g/mol. The summed E-state index contributed by atoms with van der Waals surface area (Å²) in [6, 6.07) is 13.5. The van der Waals surface area contributed by atoms with E-state index >= 15 is 0 Å². The van der Waals surface area contributed by atoms with Gasteiger partial charge in [-0.15, -0.1) is 0 Å². The highest BCUT2D eigenvalue weighted by atomic mass is 19.1. The Morgan fingerprint density at radius 3 is 2.67 bits per heavy atom. The fourth-order valence-corrected chi connectivity index (χ4v) is 3.51. The van der Waals surface area contributed by atoms with Crippen LogP contribution in [0.5, 0.6) is 0 Å². The fraction of sp³-hybridized carbons (Fsp3) is 0.174. The standard InChI is InChI=1S/C23H21FN4O2/c1-14-3-4-16(20-9-10-28(2)27-20)11-21(14)26-23(30)19-13-25-22(29)12-18(19)15-5-7-17(24)8-6-15/h3-11,13,18H,12H2,1-2H3,(H,25,29)(H,26,30). The largest absolute Gasteiger partial charge is 0.332 e. The summed E-state index contributed by atoms with van der Waals surface area (Å²) in [7, 11) is 1.85. The maximum absolute atomic E-state index is 13.3. The van der Waals surface area contributed by atoms with E-state index in [-0.39, 0.29) is 24.1 Å². The molecule has 1 atom stereocenters. The quantitative estimate of drug-likeness (QED) is 0.697. The van der Waals surface area contributed by atoms with E-state index in [1.807, 2.05) is 44.4 Å². The number of nitrogens with one attached hydrogen (secondary N) is 2. The normalized spacial score (nSPS) is 16.0. The zero-order valence-corrected chi connectivity index (χ0v) is 16.6. The SMILES string of the molecule is Cc1ccc(-c2ccn(C)n2)cc1NC(=O)C1=CNC(=O)CC1c1ccc(F)cc1. The van der Waals surface area contributed by atoms with Gasteiger partial charge in [-0.3, -0.25) is 14.3 Å². The average Bonchev–Trinajstić information content (AvgIpc) is 3.16. The predicted octanol–water partition coefficient (Wildman–Crippen LogP) is 3.66. The third-order valence-corrected chi connectivity index (χ3v) is 5.18. The van der Waals surface area contributed by atoms with E-state index in [1.165, 1.54) is 18.3 Å². The van der Waals surface area contributed by atoms with Crippen molar-refractivity contribution >= 4 is 17.5 Å². The van der Waals surface area contributed by atoms with Gasteiger partial charge in [-0.05, 0) is 42.3 Å². The second-order valence-electron chi connectivity index (χ2n) is 7.33. The summed E-state index contributed by atoms with van der Waals surface area (Å²) in [5.41, 5.74) is 4.40. The Balaban J connectivity index is 1.62. The zero-order chi connectivity index (χ0) is 21.3. The van der Waals surface area contributed by atoms with Crippen LogP contribution >= 0.6 is 0 Å². The van der Waals surface area contributed by atoms with Gasteiger partial charge in [-0.2, -0.15) is 5.10 Å². The molecule has 2 N–H and O–H groups in total. The summed E-state index contributed by atoms with van der Waals surface area (Å²) in [5, 5.41) is 9.97. The van der Waals surface area contributed by atoms with Gasteiger partial charge >= 0.3 is 0 Å². The number of carbonyl (C=O) groups is 2. The highest BCUT2D eigenvalue weighted by Gasteiger charge is 2.29. The summed E-state index contributed by atoms with van der Waals surface area (Å²) >= 11 is 0. The Morgan fingerprint density at radius 2 is 1.97 bits per heavy atom. The Morgan fingerprint density at radius 1 is 1.20 bits per heavy atom. The van der Waals surface area contributed by atoms with Crippen LogP contribution in [-0.4, -0.2) is 21.6 Å². The van der Waals surface area contributed by atoms with Gasteiger partial charge in [-0.1, -0.05) is 24.3 Å². The number of nitrogens with zero attached hydrogens (tertiary/aromatic N) is 2. The number of rotatable bonds is 4. The van der Waals surface area contributed by atoms with E-state index in [4.69, 9.17) is 0 Å². The molecule has 30 heavy (non-hydrogen) atoms. The Labute approximate surface area is 173 Å². The van der Waals surface area contributed by atoms with E-state index < -0.39 is 5.92 Å². The number of hydrogen-bond acceptors (Lipinski definition) is 3. The van der Waals surface area contributed by atoms with Crippen LogP contribution in [0.3, 0.4) is 0 Å². The van der Waals surface area contributed by atoms with Crippen molar-refractivity contribution in [2.24, 2.45) is 7.05 Å². The number of anilines is 1. The van der Waals surface area contributed by atoms with Crippen LogP contribution in [0.25, 0.3) is 11.3 Å². The number of amides is 2. The van der Waals surface area contributed by atoms with E-state index in [2.05, 4.69) is 15.7 Å². The number of aryl methyl sites for hydroxylation is 2. The number of carbonyl (C=O) groups excluding carboxylic acids is 2. The Hall–Kier alpha value is -3.74. The molecule has 0 bridgehead atoms. The predicted molar refractivity (Wildman–Crippen MR) is 112 cm³/mol. The van der Waals surface area contributed by atoms with Gasteiger partial charge in [0.2, 0.25) is 5.91 Å². The molecular formula is C23H21FN4O2. The molecule has 6 nitrogen and oxygen atoms in total. The zero-order valence-electron chi connectivity index (χ0n) is 16.6. The van der Waals surface area contributed by atoms with Gasteiger partial charge in [0, 0.05) is 48.6 Å². The topological polar surface area (TPSA) is 76.0 Å². The molecule has 3 aromatic rings. The second kappa shape index (κ2) is 7.94. The van der Waals surface area contributed by atoms with Crippen molar-refractivity contribution in [2.45, 2.75) is 19.3 Å². The molecule has 2 aromatic carbocycles. The molecular weight excluding hydrogens is 383 g/mol. The first-order valence-corrected chi connectivity index (χ1v) is 9.57. The maximum atomic E-state index is 13.3. The van der Waals surface area contributed by atoms with Gasteiger partial charge < -0.3 is 10.6 Å². The second-order valence-corrected chi connectivity index (χ2v) is 7.33. The maximum Gasteiger partial charge on any atom is 0.253 e. The molecule has 1 unspecified atom stereocenters. The van der Waals surface area contributed by atoms with Crippen molar-refractivity contribution in [2.75, 3.05) is 5.32 Å². The first kappa shape index (κ1) is 19.6. The number of aromatic nitrogens is 2. The first-order valence-electron chi connectivity index (χ1n) is 9.57. The van der Waals surface area contributed by atoms with Crippen molar-refractivity contribution < 1.29 is 14.0 Å². The molecule has 4 rings (SSSR count). The molecule has 0 saturated heterocycles. The summed E-state index contributed by atoms with van der Waals surface area (Å²) in [6.07, 6.45) is 3.42. The molecule has 2 heterocycles. The molecule has 1 aromatic heterocycles. The lowest BCUT2D eigenvalue weighted by Gasteiger charge is -2.24. The number of halogens is 1. The summed E-state index contributed by atoms with van der Waals surface area (Å²) in [5.74, 6) is -1.31. The molecule has 152 valence electrons. The lowest BCUT2D eigenvalue weighted by molar-refractivity contribution is -0.121. The minimum atomic E-state index is -0.446. The lowest BCUT2D eigenvalue weighted by atomic mass is 9.86. The van der Waals surface area contributed by atoms with E-state index in [0.717, 1.165) is 16.8 Å². The summed E-state index contributed by atoms with van der Waals surface area (Å²) < 4.78 is 15.0. The van der Waals surface area contributed by atoms with Gasteiger partial charge in [0.1, 0.15) is 5.82 Å². The molecule has 1 aliphatic heterocycles. The van der Waals surface area contributed by atoms with Crippen molar-refractivity contribution in [3.63, 3.8) is 0 Å². The third kappa shape index (κ3) is 4.00. The number of benzene rings is 2. The van der Waals surface area contributed by atoms with Gasteiger partial charge in [0.25, 0.3) is 5.91 Å². The van der Waals surface area contributed by atoms with Crippen LogP contribution in [0.1, 0.15) is 23.5 Å². The van der Waals surface area contributed by atoms with Crippen LogP contribution in [0.4, 0.5) is 10.1 Å². The molecule has 0 saturated carbocycles. The third-order valence-electron chi connectivity index (χ3n) is 5.18. The Kier molecular flexibility index (Phi) is 5.18. The van der Waals surface area contributed by atoms with Gasteiger partial charge in [0.15, 0.2) is 0 Å². The molecule has 2 amide bonds. The minimum absolute atomic E-state index is 0.123. The highest BCUT2D eigenvalue weighted by molar-refractivity contribution is 6.07. The van der Waals surface area contributed by atoms with Gasteiger partial charge in [0.05, 0.1) is 5.69 Å². The van der Waals surface area contributed by atoms with E-state index in [1.54, 1.807) is 16.8 Å². The van der Waals surface area contributed by atoms with E-state index in [9.17, 15) is 14.0 Å². The molecule has 7 heteroatoms. The smallest absolute Gasteiger partial charge is 0.253 e. The van der Waals surface area contributed by atoms with Crippen molar-refractivity contribution in [1.82, 2.24) is 15.1 Å². The van der Waals surface area contributed by atoms with E-state index in [0.29, 0.717) is 16.8 Å². The molecule has 0 aliphatic carbocycles. The minimum Gasteiger partial charge on any atom is -0.332 e. The fourth-order valence-electron chi connectivity index (χ4n) is 3.51. The summed E-state index contributed by atoms with van der Waals surface area (Å²) in [6.45, 7) is 1.91. The van der Waals surface area contributed by atoms with Gasteiger partial charge in [-0.25, -0.2) is 4.39 Å². The van der Waals surface area contributed by atoms with Crippen LogP contribution in [0.2, 0.25) is 0 Å². The van der Waals surface area contributed by atoms with Crippen molar-refractivity contribution in [3.05, 3.63) is 83.4 Å². The lowest BCUT2D eigenvalue weighted by Crippen LogP contribution is -2.32. The number of hydrogen-bond donors (Lipinski definition) is 2. The Bertz CT molecular complexity index is 1150. The van der Waals surface area contributed by atoms with Crippen LogP contribution in [-0.2, 0) is 16.6 Å². The molecule has 0 radical (unpaired) electrons. The van der Waals surface area contributed by atoms with Crippen LogP contribution < -0.4 is 10.6 Å². The average molecular weight is 404 g/mol.